The molecule has 0 fully saturated rings. The van der Waals surface area contributed by atoms with Crippen molar-refractivity contribution in [3.05, 3.63) is 62.8 Å². The van der Waals surface area contributed by atoms with E-state index in [1.54, 1.807) is 13.2 Å². The molecular formula is C15H14BrClFNO. The van der Waals surface area contributed by atoms with E-state index in [-0.39, 0.29) is 11.9 Å². The van der Waals surface area contributed by atoms with Crippen LogP contribution in [0.3, 0.4) is 0 Å². The summed E-state index contributed by atoms with van der Waals surface area (Å²) in [5.41, 5.74) is 1.73. The molecule has 1 unspecified atom stereocenters. The molecule has 2 nitrogen and oxygen atoms in total. The Bertz CT molecular complexity index is 621. The highest BCUT2D eigenvalue weighted by Crippen LogP contribution is 2.35. The van der Waals surface area contributed by atoms with Crippen LogP contribution in [0.25, 0.3) is 0 Å². The van der Waals surface area contributed by atoms with Gasteiger partial charge >= 0.3 is 0 Å². The number of nitrogens with one attached hydrogen (secondary N) is 1. The Labute approximate surface area is 131 Å². The fourth-order valence-electron chi connectivity index (χ4n) is 2.14. The van der Waals surface area contributed by atoms with Crippen LogP contribution in [0.2, 0.25) is 5.02 Å². The second-order valence-electron chi connectivity index (χ2n) is 4.27. The number of halogens is 3. The topological polar surface area (TPSA) is 21.3 Å². The molecule has 0 aliphatic rings. The first-order chi connectivity index (χ1) is 9.56. The third-order valence-electron chi connectivity index (χ3n) is 3.06. The molecular weight excluding hydrogens is 345 g/mol. The molecule has 0 radical (unpaired) electrons. The molecule has 0 aromatic heterocycles. The van der Waals surface area contributed by atoms with Crippen molar-refractivity contribution in [1.82, 2.24) is 5.32 Å². The van der Waals surface area contributed by atoms with E-state index in [1.165, 1.54) is 12.1 Å². The zero-order valence-corrected chi connectivity index (χ0v) is 13.4. The van der Waals surface area contributed by atoms with Gasteiger partial charge < -0.3 is 10.1 Å². The summed E-state index contributed by atoms with van der Waals surface area (Å²) in [6.07, 6.45) is 0. The van der Waals surface area contributed by atoms with Crippen molar-refractivity contribution < 1.29 is 9.13 Å². The second-order valence-corrected chi connectivity index (χ2v) is 5.60. The quantitative estimate of drug-likeness (QED) is 0.865. The highest BCUT2D eigenvalue weighted by Gasteiger charge is 2.19. The van der Waals surface area contributed by atoms with E-state index in [1.807, 2.05) is 25.2 Å². The van der Waals surface area contributed by atoms with Crippen LogP contribution in [0.1, 0.15) is 17.2 Å². The van der Waals surface area contributed by atoms with Crippen LogP contribution in [0.5, 0.6) is 5.75 Å². The Kier molecular flexibility index (Phi) is 5.02. The fraction of sp³-hybridized carbons (Fsp3) is 0.200. The van der Waals surface area contributed by atoms with Crippen LogP contribution >= 0.6 is 27.5 Å². The van der Waals surface area contributed by atoms with Crippen LogP contribution in [0, 0.1) is 5.82 Å². The molecule has 0 bridgehead atoms. The van der Waals surface area contributed by atoms with Crippen molar-refractivity contribution in [2.24, 2.45) is 0 Å². The molecule has 0 aliphatic carbocycles. The molecule has 0 spiro atoms. The van der Waals surface area contributed by atoms with Crippen LogP contribution in [0.4, 0.5) is 4.39 Å². The molecule has 0 amide bonds. The van der Waals surface area contributed by atoms with Gasteiger partial charge in [0.15, 0.2) is 0 Å². The van der Waals surface area contributed by atoms with Crippen LogP contribution in [-0.2, 0) is 0 Å². The van der Waals surface area contributed by atoms with Gasteiger partial charge in [0.2, 0.25) is 0 Å². The number of hydrogen-bond donors (Lipinski definition) is 1. The lowest BCUT2D eigenvalue weighted by Gasteiger charge is -2.21. The molecule has 106 valence electrons. The van der Waals surface area contributed by atoms with Gasteiger partial charge in [-0.25, -0.2) is 4.39 Å². The molecule has 2 aromatic rings. The summed E-state index contributed by atoms with van der Waals surface area (Å²) in [6, 6.07) is 9.94. The first-order valence-corrected chi connectivity index (χ1v) is 7.19. The molecule has 2 rings (SSSR count). The maximum atomic E-state index is 13.2. The Balaban J connectivity index is 2.54. The average molecular weight is 359 g/mol. The molecule has 0 heterocycles. The van der Waals surface area contributed by atoms with E-state index in [0.29, 0.717) is 5.02 Å². The summed E-state index contributed by atoms with van der Waals surface area (Å²) in [5, 5.41) is 3.57. The highest BCUT2D eigenvalue weighted by molar-refractivity contribution is 9.10. The molecule has 20 heavy (non-hydrogen) atoms. The molecule has 0 aliphatic heterocycles. The van der Waals surface area contributed by atoms with Crippen molar-refractivity contribution in [2.75, 3.05) is 14.2 Å². The first kappa shape index (κ1) is 15.3. The van der Waals surface area contributed by atoms with Gasteiger partial charge in [0, 0.05) is 15.1 Å². The molecule has 2 aromatic carbocycles. The predicted molar refractivity (Wildman–Crippen MR) is 83.0 cm³/mol. The van der Waals surface area contributed by atoms with Gasteiger partial charge in [-0.15, -0.1) is 0 Å². The minimum atomic E-state index is -0.352. The van der Waals surface area contributed by atoms with Crippen molar-refractivity contribution in [2.45, 2.75) is 6.04 Å². The van der Waals surface area contributed by atoms with E-state index in [9.17, 15) is 4.39 Å². The standard InChI is InChI=1S/C15H14BrClFNO/c1-19-15(11-5-4-10(18)8-13(11)17)12-7-9(16)3-6-14(12)20-2/h3-8,15,19H,1-2H3. The van der Waals surface area contributed by atoms with Crippen LogP contribution in [-0.4, -0.2) is 14.2 Å². The van der Waals surface area contributed by atoms with Gasteiger partial charge in [-0.1, -0.05) is 33.6 Å². The van der Waals surface area contributed by atoms with Crippen molar-refractivity contribution in [3.8, 4) is 5.75 Å². The molecule has 1 N–H and O–H groups in total. The van der Waals surface area contributed by atoms with Crippen molar-refractivity contribution in [1.29, 1.82) is 0 Å². The maximum Gasteiger partial charge on any atom is 0.124 e. The minimum Gasteiger partial charge on any atom is -0.496 e. The number of rotatable bonds is 4. The second kappa shape index (κ2) is 6.57. The Morgan fingerprint density at radius 1 is 1.20 bits per heavy atom. The number of methoxy groups -OCH3 is 1. The normalized spacial score (nSPS) is 12.2. The van der Waals surface area contributed by atoms with Gasteiger partial charge in [0.05, 0.1) is 13.2 Å². The Morgan fingerprint density at radius 2 is 1.95 bits per heavy atom. The van der Waals surface area contributed by atoms with Gasteiger partial charge in [-0.05, 0) is 42.9 Å². The summed E-state index contributed by atoms with van der Waals surface area (Å²) in [5.74, 6) is 0.391. The first-order valence-electron chi connectivity index (χ1n) is 6.02. The molecule has 1 atom stereocenters. The van der Waals surface area contributed by atoms with Crippen LogP contribution < -0.4 is 10.1 Å². The zero-order chi connectivity index (χ0) is 14.7. The predicted octanol–water partition coefficient (Wildman–Crippen LogP) is 4.56. The van der Waals surface area contributed by atoms with E-state index in [4.69, 9.17) is 16.3 Å². The van der Waals surface area contributed by atoms with Gasteiger partial charge in [0.25, 0.3) is 0 Å². The summed E-state index contributed by atoms with van der Waals surface area (Å²) in [7, 11) is 3.44. The van der Waals surface area contributed by atoms with E-state index >= 15 is 0 Å². The van der Waals surface area contributed by atoms with Crippen LogP contribution in [0.15, 0.2) is 40.9 Å². The van der Waals surface area contributed by atoms with Gasteiger partial charge in [-0.3, -0.25) is 0 Å². The SMILES string of the molecule is CNC(c1ccc(F)cc1Cl)c1cc(Br)ccc1OC. The lowest BCUT2D eigenvalue weighted by molar-refractivity contribution is 0.405. The third kappa shape index (κ3) is 3.14. The molecule has 5 heteroatoms. The lowest BCUT2D eigenvalue weighted by atomic mass is 9.98. The summed E-state index contributed by atoms with van der Waals surface area (Å²) < 4.78 is 19.5. The summed E-state index contributed by atoms with van der Waals surface area (Å²) in [6.45, 7) is 0. The van der Waals surface area contributed by atoms with Gasteiger partial charge in [-0.2, -0.15) is 0 Å². The average Bonchev–Trinajstić information content (AvgIpc) is 2.42. The third-order valence-corrected chi connectivity index (χ3v) is 3.89. The zero-order valence-electron chi connectivity index (χ0n) is 11.1. The Morgan fingerprint density at radius 3 is 2.55 bits per heavy atom. The minimum absolute atomic E-state index is 0.185. The largest absolute Gasteiger partial charge is 0.496 e. The van der Waals surface area contributed by atoms with E-state index in [0.717, 1.165) is 21.3 Å². The van der Waals surface area contributed by atoms with Crippen molar-refractivity contribution >= 4 is 27.5 Å². The lowest BCUT2D eigenvalue weighted by Crippen LogP contribution is -2.19. The smallest absolute Gasteiger partial charge is 0.124 e. The monoisotopic (exact) mass is 357 g/mol. The maximum absolute atomic E-state index is 13.2. The number of ether oxygens (including phenoxy) is 1. The van der Waals surface area contributed by atoms with E-state index in [2.05, 4.69) is 21.2 Å². The number of hydrogen-bond acceptors (Lipinski definition) is 2. The highest BCUT2D eigenvalue weighted by atomic mass is 79.9. The fourth-order valence-corrected chi connectivity index (χ4v) is 2.80. The van der Waals surface area contributed by atoms with Crippen molar-refractivity contribution in [3.63, 3.8) is 0 Å². The molecule has 0 saturated carbocycles. The summed E-state index contributed by atoms with van der Waals surface area (Å²) in [4.78, 5) is 0. The van der Waals surface area contributed by atoms with E-state index < -0.39 is 0 Å². The summed E-state index contributed by atoms with van der Waals surface area (Å²) >= 11 is 9.61. The molecule has 0 saturated heterocycles. The number of benzene rings is 2. The van der Waals surface area contributed by atoms with Gasteiger partial charge in [0.1, 0.15) is 11.6 Å². The Hall–Kier alpha value is -1.10.